The molecule has 0 aliphatic carbocycles. The first-order valence-electron chi connectivity index (χ1n) is 3.61. The molecule has 0 radical (unpaired) electrons. The van der Waals surface area contributed by atoms with E-state index in [1.807, 2.05) is 0 Å². The highest BCUT2D eigenvalue weighted by atomic mass is 31.2. The van der Waals surface area contributed by atoms with Gasteiger partial charge in [0, 0.05) is 13.6 Å². The van der Waals surface area contributed by atoms with Gasteiger partial charge in [0.05, 0.1) is 6.61 Å². The van der Waals surface area contributed by atoms with Gasteiger partial charge in [0.15, 0.2) is 0 Å². The molecule has 8 heteroatoms. The van der Waals surface area contributed by atoms with Crippen molar-refractivity contribution in [2.24, 2.45) is 0 Å². The van der Waals surface area contributed by atoms with Crippen molar-refractivity contribution < 1.29 is 23.7 Å². The summed E-state index contributed by atoms with van der Waals surface area (Å²) in [6.07, 6.45) is 0.346. The van der Waals surface area contributed by atoms with Crippen LogP contribution in [0.15, 0.2) is 0 Å². The van der Waals surface area contributed by atoms with Gasteiger partial charge in [-0.05, 0) is 6.42 Å². The highest BCUT2D eigenvalue weighted by molar-refractivity contribution is 7.46. The van der Waals surface area contributed by atoms with Crippen LogP contribution < -0.4 is 10.6 Å². The van der Waals surface area contributed by atoms with Gasteiger partial charge in [-0.2, -0.15) is 0 Å². The number of amides is 2. The number of rotatable bonds is 5. The zero-order valence-corrected chi connectivity index (χ0v) is 8.08. The fourth-order valence-electron chi connectivity index (χ4n) is 0.546. The largest absolute Gasteiger partial charge is 0.469 e. The summed E-state index contributed by atoms with van der Waals surface area (Å²) in [5.41, 5.74) is 0. The maximum absolute atomic E-state index is 10.6. The molecule has 0 aromatic carbocycles. The number of urea groups is 1. The molecule has 0 rings (SSSR count). The quantitative estimate of drug-likeness (QED) is 0.360. The molecule has 0 bridgehead atoms. The van der Waals surface area contributed by atoms with Crippen LogP contribution in [0.5, 0.6) is 0 Å². The van der Waals surface area contributed by atoms with Gasteiger partial charge < -0.3 is 20.4 Å². The number of phosphoric acid groups is 1. The Morgan fingerprint density at radius 1 is 1.54 bits per heavy atom. The molecule has 0 aromatic heterocycles. The lowest BCUT2D eigenvalue weighted by Gasteiger charge is -2.05. The summed E-state index contributed by atoms with van der Waals surface area (Å²) < 4.78 is 14.3. The van der Waals surface area contributed by atoms with E-state index in [2.05, 4.69) is 15.2 Å². The van der Waals surface area contributed by atoms with Crippen molar-refractivity contribution in [1.29, 1.82) is 0 Å². The van der Waals surface area contributed by atoms with Gasteiger partial charge in [0.25, 0.3) is 0 Å². The lowest BCUT2D eigenvalue weighted by Crippen LogP contribution is -2.33. The molecule has 78 valence electrons. The predicted molar refractivity (Wildman–Crippen MR) is 45.1 cm³/mol. The number of carbonyl (C=O) groups is 1. The molecule has 0 saturated heterocycles. The van der Waals surface area contributed by atoms with E-state index in [0.717, 1.165) is 0 Å². The Balaban J connectivity index is 3.27. The summed E-state index contributed by atoms with van der Waals surface area (Å²) in [6, 6.07) is -0.337. The average Bonchev–Trinajstić information content (AvgIpc) is 2.01. The third kappa shape index (κ3) is 9.29. The third-order valence-corrected chi connectivity index (χ3v) is 1.61. The first kappa shape index (κ1) is 12.4. The number of hydrogen-bond donors (Lipinski definition) is 4. The molecule has 0 heterocycles. The van der Waals surface area contributed by atoms with E-state index in [1.54, 1.807) is 0 Å². The van der Waals surface area contributed by atoms with Gasteiger partial charge in [0.1, 0.15) is 0 Å². The van der Waals surface area contributed by atoms with Crippen molar-refractivity contribution in [3.8, 4) is 0 Å². The second-order valence-electron chi connectivity index (χ2n) is 2.18. The van der Waals surface area contributed by atoms with E-state index in [9.17, 15) is 9.36 Å². The molecule has 0 aliphatic rings. The van der Waals surface area contributed by atoms with Crippen LogP contribution in [0.3, 0.4) is 0 Å². The number of phosphoric ester groups is 1. The summed E-state index contributed by atoms with van der Waals surface area (Å²) in [5.74, 6) is 0. The number of carbonyl (C=O) groups excluding carboxylic acids is 1. The molecule has 0 atom stereocenters. The van der Waals surface area contributed by atoms with E-state index < -0.39 is 7.82 Å². The van der Waals surface area contributed by atoms with Gasteiger partial charge in [0.2, 0.25) is 0 Å². The number of nitrogens with one attached hydrogen (secondary N) is 2. The molecule has 0 aromatic rings. The van der Waals surface area contributed by atoms with Crippen LogP contribution in [0.2, 0.25) is 0 Å². The van der Waals surface area contributed by atoms with Crippen molar-refractivity contribution in [3.63, 3.8) is 0 Å². The van der Waals surface area contributed by atoms with Crippen LogP contribution in [0.25, 0.3) is 0 Å². The Morgan fingerprint density at radius 3 is 2.62 bits per heavy atom. The standard InChI is InChI=1S/C5H13N2O5P/c1-6-5(8)7-3-2-4-12-13(9,10)11/h2-4H2,1H3,(H2,6,7,8)(H2,9,10,11). The molecule has 4 N–H and O–H groups in total. The SMILES string of the molecule is CNC(=O)NCCCOP(=O)(O)O. The van der Waals surface area contributed by atoms with Gasteiger partial charge in [-0.3, -0.25) is 4.52 Å². The summed E-state index contributed by atoms with van der Waals surface area (Å²) >= 11 is 0. The van der Waals surface area contributed by atoms with Crippen molar-refractivity contribution in [1.82, 2.24) is 10.6 Å². The van der Waals surface area contributed by atoms with E-state index in [4.69, 9.17) is 9.79 Å². The zero-order chi connectivity index (χ0) is 10.3. The van der Waals surface area contributed by atoms with Crippen molar-refractivity contribution in [3.05, 3.63) is 0 Å². The Kier molecular flexibility index (Phi) is 5.65. The van der Waals surface area contributed by atoms with Crippen LogP contribution >= 0.6 is 7.82 Å². The Morgan fingerprint density at radius 2 is 2.15 bits per heavy atom. The number of hydrogen-bond acceptors (Lipinski definition) is 3. The maximum Gasteiger partial charge on any atom is 0.469 e. The minimum absolute atomic E-state index is 0.0890. The normalized spacial score (nSPS) is 11.0. The van der Waals surface area contributed by atoms with Crippen LogP contribution in [-0.2, 0) is 9.09 Å². The van der Waals surface area contributed by atoms with Crippen LogP contribution in [0.4, 0.5) is 4.79 Å². The van der Waals surface area contributed by atoms with Gasteiger partial charge in [-0.15, -0.1) is 0 Å². The molecule has 0 aliphatic heterocycles. The zero-order valence-electron chi connectivity index (χ0n) is 7.19. The van der Waals surface area contributed by atoms with Crippen LogP contribution in [0.1, 0.15) is 6.42 Å². The molecule has 0 unspecified atom stereocenters. The van der Waals surface area contributed by atoms with Gasteiger partial charge >= 0.3 is 13.9 Å². The first-order valence-corrected chi connectivity index (χ1v) is 5.14. The molecular weight excluding hydrogens is 199 g/mol. The maximum atomic E-state index is 10.6. The van der Waals surface area contributed by atoms with Crippen LogP contribution in [-0.4, -0.2) is 36.0 Å². The van der Waals surface area contributed by atoms with E-state index in [1.165, 1.54) is 7.05 Å². The second kappa shape index (κ2) is 5.93. The molecule has 7 nitrogen and oxygen atoms in total. The smallest absolute Gasteiger partial charge is 0.341 e. The molecule has 13 heavy (non-hydrogen) atoms. The lowest BCUT2D eigenvalue weighted by atomic mass is 10.4. The highest BCUT2D eigenvalue weighted by Crippen LogP contribution is 2.35. The average molecular weight is 212 g/mol. The second-order valence-corrected chi connectivity index (χ2v) is 3.42. The predicted octanol–water partition coefficient (Wildman–Crippen LogP) is -0.585. The van der Waals surface area contributed by atoms with Crippen molar-refractivity contribution in [2.75, 3.05) is 20.2 Å². The topological polar surface area (TPSA) is 108 Å². The summed E-state index contributed by atoms with van der Waals surface area (Å²) in [7, 11) is -2.89. The Bertz CT molecular complexity index is 203. The summed E-state index contributed by atoms with van der Waals surface area (Å²) in [5, 5.41) is 4.76. The van der Waals surface area contributed by atoms with E-state index in [0.29, 0.717) is 13.0 Å². The molecular formula is C5H13N2O5P. The minimum atomic E-state index is -4.36. The monoisotopic (exact) mass is 212 g/mol. The molecule has 2 amide bonds. The third-order valence-electron chi connectivity index (χ3n) is 1.09. The Labute approximate surface area is 75.7 Å². The Hall–Kier alpha value is -0.620. The van der Waals surface area contributed by atoms with E-state index in [-0.39, 0.29) is 12.6 Å². The molecule has 0 spiro atoms. The van der Waals surface area contributed by atoms with Gasteiger partial charge in [-0.1, -0.05) is 0 Å². The van der Waals surface area contributed by atoms with Gasteiger partial charge in [-0.25, -0.2) is 9.36 Å². The lowest BCUT2D eigenvalue weighted by molar-refractivity contribution is 0.194. The van der Waals surface area contributed by atoms with Crippen LogP contribution in [0, 0.1) is 0 Å². The van der Waals surface area contributed by atoms with Crippen molar-refractivity contribution >= 4 is 13.9 Å². The molecule has 0 fully saturated rings. The summed E-state index contributed by atoms with van der Waals surface area (Å²) in [6.45, 7) is 0.216. The van der Waals surface area contributed by atoms with Crippen molar-refractivity contribution in [2.45, 2.75) is 6.42 Å². The minimum Gasteiger partial charge on any atom is -0.341 e. The summed E-state index contributed by atoms with van der Waals surface area (Å²) in [4.78, 5) is 27.1. The highest BCUT2D eigenvalue weighted by Gasteiger charge is 2.12. The first-order chi connectivity index (χ1) is 5.95. The fraction of sp³-hybridized carbons (Fsp3) is 0.800. The fourth-order valence-corrected chi connectivity index (χ4v) is 0.913. The van der Waals surface area contributed by atoms with E-state index >= 15 is 0 Å². The molecule has 0 saturated carbocycles.